The number of para-hydroxylation sites is 1. The Bertz CT molecular complexity index is 600. The molecule has 0 saturated heterocycles. The van der Waals surface area contributed by atoms with E-state index in [9.17, 15) is 8.42 Å². The molecule has 2 rings (SSSR count). The van der Waals surface area contributed by atoms with E-state index < -0.39 is 15.9 Å². The second-order valence-electron chi connectivity index (χ2n) is 3.31. The van der Waals surface area contributed by atoms with E-state index in [1.807, 2.05) is 13.0 Å². The number of hydrogen-bond acceptors (Lipinski definition) is 4. The maximum atomic E-state index is 10.7. The van der Waals surface area contributed by atoms with Crippen molar-refractivity contribution in [3.05, 3.63) is 29.5 Å². The highest BCUT2D eigenvalue weighted by Crippen LogP contribution is 2.22. The molecule has 0 amide bonds. The second kappa shape index (κ2) is 3.32. The van der Waals surface area contributed by atoms with Crippen LogP contribution in [0.5, 0.6) is 0 Å². The Kier molecular flexibility index (Phi) is 2.24. The number of aromatic nitrogens is 1. The minimum Gasteiger partial charge on any atom is -0.356 e. The van der Waals surface area contributed by atoms with Gasteiger partial charge in [0.2, 0.25) is 0 Å². The Balaban J connectivity index is 2.60. The van der Waals surface area contributed by atoms with Gasteiger partial charge in [-0.2, -0.15) is 8.42 Å². The maximum absolute atomic E-state index is 10.7. The highest BCUT2D eigenvalue weighted by Gasteiger charge is 2.15. The molecule has 0 aliphatic rings. The molecule has 0 aliphatic carbocycles. The molecule has 2 aromatic rings. The van der Waals surface area contributed by atoms with Gasteiger partial charge in [0.25, 0.3) is 10.1 Å². The highest BCUT2D eigenvalue weighted by atomic mass is 32.2. The molecule has 0 atom stereocenters. The van der Waals surface area contributed by atoms with Crippen molar-refractivity contribution < 1.29 is 17.5 Å². The van der Waals surface area contributed by atoms with Crippen molar-refractivity contribution in [1.82, 2.24) is 5.16 Å². The third-order valence-corrected chi connectivity index (χ3v) is 2.73. The van der Waals surface area contributed by atoms with Gasteiger partial charge in [-0.15, -0.1) is 0 Å². The summed E-state index contributed by atoms with van der Waals surface area (Å²) in [6.07, 6.45) is 0. The third-order valence-electron chi connectivity index (χ3n) is 2.09. The molecule has 0 radical (unpaired) electrons. The lowest BCUT2D eigenvalue weighted by Gasteiger charge is -1.93. The van der Waals surface area contributed by atoms with Crippen molar-refractivity contribution in [1.29, 1.82) is 0 Å². The molecule has 0 aliphatic heterocycles. The molecule has 0 bridgehead atoms. The monoisotopic (exact) mass is 227 g/mol. The van der Waals surface area contributed by atoms with Gasteiger partial charge in [-0.1, -0.05) is 17.3 Å². The number of hydrogen-bond donors (Lipinski definition) is 1. The maximum Gasteiger partial charge on any atom is 0.270 e. The van der Waals surface area contributed by atoms with Gasteiger partial charge in [0.1, 0.15) is 11.4 Å². The van der Waals surface area contributed by atoms with Crippen LogP contribution in [0.3, 0.4) is 0 Å². The lowest BCUT2D eigenvalue weighted by atomic mass is 10.1. The van der Waals surface area contributed by atoms with E-state index in [1.54, 1.807) is 12.1 Å². The summed E-state index contributed by atoms with van der Waals surface area (Å²) in [5.74, 6) is -0.524. The quantitative estimate of drug-likeness (QED) is 0.787. The number of nitrogens with zero attached hydrogens (tertiary/aromatic N) is 1. The fourth-order valence-corrected chi connectivity index (χ4v) is 1.98. The Morgan fingerprint density at radius 1 is 1.47 bits per heavy atom. The minimum atomic E-state index is -4.07. The molecule has 1 heterocycles. The summed E-state index contributed by atoms with van der Waals surface area (Å²) in [4.78, 5) is 0. The molecule has 80 valence electrons. The summed E-state index contributed by atoms with van der Waals surface area (Å²) in [6.45, 7) is 1.84. The average Bonchev–Trinajstić information content (AvgIpc) is 2.48. The number of benzene rings is 1. The van der Waals surface area contributed by atoms with Crippen LogP contribution in [-0.4, -0.2) is 18.1 Å². The summed E-state index contributed by atoms with van der Waals surface area (Å²) in [7, 11) is -4.07. The first-order chi connectivity index (χ1) is 6.97. The number of rotatable bonds is 2. The summed E-state index contributed by atoms with van der Waals surface area (Å²) in [6, 6.07) is 5.33. The van der Waals surface area contributed by atoms with Crippen LogP contribution in [0.1, 0.15) is 11.3 Å². The summed E-state index contributed by atoms with van der Waals surface area (Å²) in [5, 5.41) is 4.25. The zero-order chi connectivity index (χ0) is 11.1. The molecule has 5 nitrogen and oxygen atoms in total. The second-order valence-corrected chi connectivity index (χ2v) is 4.76. The lowest BCUT2D eigenvalue weighted by Crippen LogP contribution is -2.01. The van der Waals surface area contributed by atoms with Crippen LogP contribution in [-0.2, 0) is 15.9 Å². The van der Waals surface area contributed by atoms with Gasteiger partial charge in [0.05, 0.1) is 0 Å². The van der Waals surface area contributed by atoms with Crippen LogP contribution in [0, 0.1) is 6.92 Å². The summed E-state index contributed by atoms with van der Waals surface area (Å²) >= 11 is 0. The van der Waals surface area contributed by atoms with E-state index in [0.29, 0.717) is 11.0 Å². The van der Waals surface area contributed by atoms with Crippen LogP contribution in [0.15, 0.2) is 22.7 Å². The number of fused-ring (bicyclic) bond motifs is 1. The lowest BCUT2D eigenvalue weighted by molar-refractivity contribution is 0.442. The first-order valence-electron chi connectivity index (χ1n) is 4.26. The fourth-order valence-electron chi connectivity index (χ4n) is 1.43. The van der Waals surface area contributed by atoms with Crippen molar-refractivity contribution >= 4 is 21.1 Å². The largest absolute Gasteiger partial charge is 0.356 e. The van der Waals surface area contributed by atoms with Crippen molar-refractivity contribution in [2.24, 2.45) is 0 Å². The highest BCUT2D eigenvalue weighted by molar-refractivity contribution is 7.85. The predicted octanol–water partition coefficient (Wildman–Crippen LogP) is 1.52. The standard InChI is InChI=1S/C9H9NO4S/c1-6-3-2-4-7-8(5-15(11,12)13)10-14-9(6)7/h2-4H,5H2,1H3,(H,11,12,13). The molecule has 0 fully saturated rings. The predicted molar refractivity (Wildman–Crippen MR) is 54.0 cm³/mol. The van der Waals surface area contributed by atoms with E-state index in [4.69, 9.17) is 9.08 Å². The molecule has 0 saturated carbocycles. The van der Waals surface area contributed by atoms with E-state index in [-0.39, 0.29) is 5.69 Å². The zero-order valence-corrected chi connectivity index (χ0v) is 8.78. The zero-order valence-electron chi connectivity index (χ0n) is 7.97. The van der Waals surface area contributed by atoms with Gasteiger partial charge in [0, 0.05) is 5.39 Å². The topological polar surface area (TPSA) is 80.4 Å². The van der Waals surface area contributed by atoms with E-state index >= 15 is 0 Å². The third kappa shape index (κ3) is 2.00. The van der Waals surface area contributed by atoms with E-state index in [0.717, 1.165) is 5.56 Å². The summed E-state index contributed by atoms with van der Waals surface area (Å²) in [5.41, 5.74) is 1.66. The van der Waals surface area contributed by atoms with Crippen LogP contribution in [0.25, 0.3) is 11.0 Å². The fraction of sp³-hybridized carbons (Fsp3) is 0.222. The SMILES string of the molecule is Cc1cccc2c(CS(=O)(=O)O)noc12. The molecule has 15 heavy (non-hydrogen) atoms. The van der Waals surface area contributed by atoms with Crippen LogP contribution >= 0.6 is 0 Å². The van der Waals surface area contributed by atoms with Gasteiger partial charge >= 0.3 is 0 Å². The molecule has 1 aromatic heterocycles. The normalized spacial score (nSPS) is 12.1. The molecule has 0 unspecified atom stereocenters. The van der Waals surface area contributed by atoms with Crippen LogP contribution in [0.2, 0.25) is 0 Å². The van der Waals surface area contributed by atoms with Gasteiger partial charge in [0.15, 0.2) is 5.58 Å². The van der Waals surface area contributed by atoms with Crippen molar-refractivity contribution in [2.75, 3.05) is 0 Å². The van der Waals surface area contributed by atoms with Gasteiger partial charge in [-0.25, -0.2) is 0 Å². The molecule has 0 spiro atoms. The first-order valence-corrected chi connectivity index (χ1v) is 5.87. The molecular formula is C9H9NO4S. The smallest absolute Gasteiger partial charge is 0.270 e. The first kappa shape index (κ1) is 10.1. The van der Waals surface area contributed by atoms with Gasteiger partial charge in [-0.3, -0.25) is 4.55 Å². The van der Waals surface area contributed by atoms with Crippen LogP contribution in [0.4, 0.5) is 0 Å². The number of aryl methyl sites for hydroxylation is 1. The van der Waals surface area contributed by atoms with Crippen LogP contribution < -0.4 is 0 Å². The summed E-state index contributed by atoms with van der Waals surface area (Å²) < 4.78 is 35.1. The van der Waals surface area contributed by atoms with E-state index in [1.165, 1.54) is 0 Å². The van der Waals surface area contributed by atoms with Gasteiger partial charge in [-0.05, 0) is 18.6 Å². The Hall–Kier alpha value is -1.40. The van der Waals surface area contributed by atoms with Crippen molar-refractivity contribution in [3.8, 4) is 0 Å². The Morgan fingerprint density at radius 2 is 2.20 bits per heavy atom. The van der Waals surface area contributed by atoms with Crippen molar-refractivity contribution in [3.63, 3.8) is 0 Å². The molecule has 6 heteroatoms. The molecular weight excluding hydrogens is 218 g/mol. The molecule has 1 aromatic carbocycles. The Labute approximate surface area is 86.4 Å². The van der Waals surface area contributed by atoms with Gasteiger partial charge < -0.3 is 4.52 Å². The average molecular weight is 227 g/mol. The van der Waals surface area contributed by atoms with E-state index in [2.05, 4.69) is 5.16 Å². The Morgan fingerprint density at radius 3 is 2.87 bits per heavy atom. The van der Waals surface area contributed by atoms with Crippen molar-refractivity contribution in [2.45, 2.75) is 12.7 Å². The molecule has 1 N–H and O–H groups in total. The minimum absolute atomic E-state index is 0.233.